The van der Waals surface area contributed by atoms with Gasteiger partial charge in [-0.3, -0.25) is 4.79 Å². The molecule has 0 fully saturated rings. The summed E-state index contributed by atoms with van der Waals surface area (Å²) in [6.45, 7) is 6.10. The summed E-state index contributed by atoms with van der Waals surface area (Å²) in [6.07, 6.45) is -4.34. The van der Waals surface area contributed by atoms with Gasteiger partial charge >= 0.3 is 12.3 Å². The highest BCUT2D eigenvalue weighted by molar-refractivity contribution is 7.17. The van der Waals surface area contributed by atoms with Crippen molar-refractivity contribution in [1.29, 1.82) is 0 Å². The first kappa shape index (κ1) is 22.4. The van der Waals surface area contributed by atoms with Gasteiger partial charge in [0.2, 0.25) is 0 Å². The van der Waals surface area contributed by atoms with Crippen molar-refractivity contribution in [3.05, 3.63) is 68.3 Å². The van der Waals surface area contributed by atoms with Gasteiger partial charge in [0.1, 0.15) is 5.60 Å². The molecule has 0 saturated heterocycles. The standard InChI is InChI=1S/C23H23F3N2O3S/c1-22(2,3)31-21(30)27-10-8-16-17(13-27)20(29)28(18-9-11-32-19(16)18)12-14-4-6-15(7-5-14)23(24,25)26/h4-7,9,11H,8,10,12-13H2,1-3H3. The number of alkyl halides is 3. The van der Waals surface area contributed by atoms with Crippen LogP contribution in [0.4, 0.5) is 18.0 Å². The van der Waals surface area contributed by atoms with E-state index in [4.69, 9.17) is 4.74 Å². The quantitative estimate of drug-likeness (QED) is 0.509. The van der Waals surface area contributed by atoms with Crippen LogP contribution in [0.15, 0.2) is 40.5 Å². The normalized spacial score (nSPS) is 14.5. The molecule has 2 aromatic heterocycles. The highest BCUT2D eigenvalue weighted by atomic mass is 32.1. The van der Waals surface area contributed by atoms with Crippen molar-refractivity contribution >= 4 is 27.6 Å². The van der Waals surface area contributed by atoms with Gasteiger partial charge in [0.25, 0.3) is 5.56 Å². The second-order valence-corrected chi connectivity index (χ2v) is 9.75. The fourth-order valence-corrected chi connectivity index (χ4v) is 4.84. The molecule has 1 aliphatic heterocycles. The molecule has 1 aliphatic rings. The zero-order valence-electron chi connectivity index (χ0n) is 18.0. The maximum Gasteiger partial charge on any atom is 0.416 e. The number of ether oxygens (including phenoxy) is 1. The molecule has 0 radical (unpaired) electrons. The summed E-state index contributed by atoms with van der Waals surface area (Å²) < 4.78 is 46.6. The Hall–Kier alpha value is -2.81. The van der Waals surface area contributed by atoms with Gasteiger partial charge in [-0.25, -0.2) is 4.79 Å². The van der Waals surface area contributed by atoms with Crippen LogP contribution in [0.5, 0.6) is 0 Å². The van der Waals surface area contributed by atoms with Crippen LogP contribution in [-0.2, 0) is 30.4 Å². The number of halogens is 3. The number of thiophene rings is 1. The smallest absolute Gasteiger partial charge is 0.416 e. The summed E-state index contributed by atoms with van der Waals surface area (Å²) in [5.74, 6) is 0. The van der Waals surface area contributed by atoms with Crippen LogP contribution >= 0.6 is 11.3 Å². The summed E-state index contributed by atoms with van der Waals surface area (Å²) in [5, 5.41) is 1.90. The van der Waals surface area contributed by atoms with Crippen molar-refractivity contribution in [3.63, 3.8) is 0 Å². The summed E-state index contributed by atoms with van der Waals surface area (Å²) in [5.41, 5.74) is 1.20. The van der Waals surface area contributed by atoms with E-state index in [2.05, 4.69) is 0 Å². The van der Waals surface area contributed by atoms with E-state index in [-0.39, 0.29) is 18.6 Å². The number of carbonyl (C=O) groups excluding carboxylic acids is 1. The molecule has 3 heterocycles. The number of fused-ring (bicyclic) bond motifs is 3. The summed E-state index contributed by atoms with van der Waals surface area (Å²) in [6, 6.07) is 6.67. The minimum absolute atomic E-state index is 0.143. The number of amides is 1. The van der Waals surface area contributed by atoms with Gasteiger partial charge in [0.05, 0.1) is 28.9 Å². The van der Waals surface area contributed by atoms with Crippen LogP contribution in [0, 0.1) is 0 Å². The van der Waals surface area contributed by atoms with Crippen LogP contribution in [0.1, 0.15) is 43.0 Å². The Balaban J connectivity index is 1.70. The van der Waals surface area contributed by atoms with E-state index in [1.54, 1.807) is 25.3 Å². The lowest BCUT2D eigenvalue weighted by atomic mass is 10.0. The van der Waals surface area contributed by atoms with Crippen molar-refractivity contribution in [3.8, 4) is 0 Å². The third-order valence-electron chi connectivity index (χ3n) is 5.33. The topological polar surface area (TPSA) is 51.5 Å². The first-order valence-electron chi connectivity index (χ1n) is 10.2. The van der Waals surface area contributed by atoms with Gasteiger partial charge in [0.15, 0.2) is 0 Å². The highest BCUT2D eigenvalue weighted by Crippen LogP contribution is 2.31. The molecule has 32 heavy (non-hydrogen) atoms. The minimum Gasteiger partial charge on any atom is -0.444 e. The number of benzene rings is 1. The van der Waals surface area contributed by atoms with Crippen molar-refractivity contribution in [2.45, 2.75) is 52.1 Å². The Bertz CT molecular complexity index is 1220. The summed E-state index contributed by atoms with van der Waals surface area (Å²) >= 11 is 1.52. The molecule has 0 bridgehead atoms. The number of rotatable bonds is 2. The number of nitrogens with zero attached hydrogens (tertiary/aromatic N) is 2. The van der Waals surface area contributed by atoms with Gasteiger partial charge < -0.3 is 14.2 Å². The van der Waals surface area contributed by atoms with Crippen LogP contribution in [0.25, 0.3) is 10.2 Å². The van der Waals surface area contributed by atoms with Gasteiger partial charge in [0, 0.05) is 12.1 Å². The fraction of sp³-hybridized carbons (Fsp3) is 0.391. The zero-order valence-corrected chi connectivity index (χ0v) is 18.8. The van der Waals surface area contributed by atoms with E-state index in [1.807, 2.05) is 11.4 Å². The molecule has 0 saturated carbocycles. The number of carbonyl (C=O) groups is 1. The summed E-state index contributed by atoms with van der Waals surface area (Å²) in [4.78, 5) is 27.5. The molecule has 1 aromatic carbocycles. The molecule has 0 atom stereocenters. The predicted octanol–water partition coefficient (Wildman–Crippen LogP) is 5.42. The van der Waals surface area contributed by atoms with E-state index < -0.39 is 23.4 Å². The van der Waals surface area contributed by atoms with Crippen LogP contribution in [0.3, 0.4) is 0 Å². The predicted molar refractivity (Wildman–Crippen MR) is 117 cm³/mol. The Morgan fingerprint density at radius 3 is 2.41 bits per heavy atom. The molecule has 170 valence electrons. The lowest BCUT2D eigenvalue weighted by Crippen LogP contribution is -2.42. The Morgan fingerprint density at radius 1 is 1.09 bits per heavy atom. The van der Waals surface area contributed by atoms with Gasteiger partial charge in [-0.1, -0.05) is 12.1 Å². The highest BCUT2D eigenvalue weighted by Gasteiger charge is 2.31. The number of hydrogen-bond donors (Lipinski definition) is 0. The first-order chi connectivity index (χ1) is 14.9. The van der Waals surface area contributed by atoms with E-state index in [1.165, 1.54) is 28.4 Å². The van der Waals surface area contributed by atoms with Gasteiger partial charge in [-0.05, 0) is 61.9 Å². The van der Waals surface area contributed by atoms with Crippen molar-refractivity contribution in [2.75, 3.05) is 6.54 Å². The lowest BCUT2D eigenvalue weighted by Gasteiger charge is -2.31. The molecule has 5 nitrogen and oxygen atoms in total. The van der Waals surface area contributed by atoms with E-state index in [0.29, 0.717) is 24.1 Å². The number of pyridine rings is 1. The fourth-order valence-electron chi connectivity index (χ4n) is 3.84. The van der Waals surface area contributed by atoms with Crippen molar-refractivity contribution in [2.24, 2.45) is 0 Å². The molecule has 1 amide bonds. The first-order valence-corrected chi connectivity index (χ1v) is 11.1. The second kappa shape index (κ2) is 7.95. The third-order valence-corrected chi connectivity index (χ3v) is 6.29. The SMILES string of the molecule is CC(C)(C)OC(=O)N1CCc2c(c(=O)n(Cc3ccc(C(F)(F)F)cc3)c3ccsc23)C1. The lowest BCUT2D eigenvalue weighted by molar-refractivity contribution is -0.137. The van der Waals surface area contributed by atoms with Crippen LogP contribution in [0.2, 0.25) is 0 Å². The molecule has 0 spiro atoms. The molecule has 0 unspecified atom stereocenters. The Labute approximate surface area is 187 Å². The van der Waals surface area contributed by atoms with Crippen molar-refractivity contribution < 1.29 is 22.7 Å². The van der Waals surface area contributed by atoms with E-state index >= 15 is 0 Å². The summed E-state index contributed by atoms with van der Waals surface area (Å²) in [7, 11) is 0. The molecule has 0 N–H and O–H groups in total. The number of hydrogen-bond acceptors (Lipinski definition) is 4. The monoisotopic (exact) mass is 464 g/mol. The average Bonchev–Trinajstić information content (AvgIpc) is 3.19. The minimum atomic E-state index is -4.41. The van der Waals surface area contributed by atoms with Gasteiger partial charge in [-0.15, -0.1) is 11.3 Å². The van der Waals surface area contributed by atoms with Crippen LogP contribution < -0.4 is 5.56 Å². The molecule has 4 rings (SSSR count). The van der Waals surface area contributed by atoms with Gasteiger partial charge in [-0.2, -0.15) is 13.2 Å². The molecular formula is C23H23F3N2O3S. The third kappa shape index (κ3) is 4.39. The molecule has 3 aromatic rings. The average molecular weight is 465 g/mol. The molecular weight excluding hydrogens is 441 g/mol. The Morgan fingerprint density at radius 2 is 1.78 bits per heavy atom. The van der Waals surface area contributed by atoms with E-state index in [0.717, 1.165) is 27.9 Å². The zero-order chi connectivity index (χ0) is 23.3. The maximum atomic E-state index is 13.4. The number of aromatic nitrogens is 1. The van der Waals surface area contributed by atoms with E-state index in [9.17, 15) is 22.8 Å². The van der Waals surface area contributed by atoms with Crippen LogP contribution in [-0.4, -0.2) is 27.7 Å². The largest absolute Gasteiger partial charge is 0.444 e. The maximum absolute atomic E-state index is 13.4. The molecule has 0 aliphatic carbocycles. The Kier molecular flexibility index (Phi) is 5.56. The van der Waals surface area contributed by atoms with Crippen molar-refractivity contribution in [1.82, 2.24) is 9.47 Å². The second-order valence-electron chi connectivity index (χ2n) is 8.83. The molecule has 9 heteroatoms.